The van der Waals surface area contributed by atoms with Crippen molar-refractivity contribution in [1.29, 1.82) is 0 Å². The molecule has 2 aliphatic rings. The molecule has 1 aliphatic carbocycles. The molecule has 1 heterocycles. The number of allylic oxidation sites excluding steroid dienone is 1. The van der Waals surface area contributed by atoms with Crippen molar-refractivity contribution in [3.63, 3.8) is 0 Å². The van der Waals surface area contributed by atoms with Gasteiger partial charge in [-0.25, -0.2) is 0 Å². The van der Waals surface area contributed by atoms with Crippen LogP contribution in [0.2, 0.25) is 0 Å². The van der Waals surface area contributed by atoms with E-state index in [2.05, 4.69) is 10.1 Å². The molecular weight excluding hydrogens is 278 g/mol. The van der Waals surface area contributed by atoms with E-state index in [9.17, 15) is 9.59 Å². The largest absolute Gasteiger partial charge is 0.491 e. The van der Waals surface area contributed by atoms with E-state index in [1.165, 1.54) is 14.2 Å². The summed E-state index contributed by atoms with van der Waals surface area (Å²) in [6, 6.07) is 0. The molecule has 0 aromatic carbocycles. The maximum absolute atomic E-state index is 12.2. The van der Waals surface area contributed by atoms with Crippen molar-refractivity contribution in [2.45, 2.75) is 38.1 Å². The molecule has 7 heteroatoms. The van der Waals surface area contributed by atoms with E-state index in [1.54, 1.807) is 0 Å². The number of rotatable bonds is 4. The van der Waals surface area contributed by atoms with Gasteiger partial charge in [0, 0.05) is 12.8 Å². The Morgan fingerprint density at radius 1 is 1.33 bits per heavy atom. The highest BCUT2D eigenvalue weighted by Gasteiger charge is 2.50. The Bertz CT molecular complexity index is 484. The van der Waals surface area contributed by atoms with Crippen LogP contribution in [0.5, 0.6) is 0 Å². The predicted octanol–water partition coefficient (Wildman–Crippen LogP) is 0.492. The molecule has 7 nitrogen and oxygen atoms in total. The fourth-order valence-electron chi connectivity index (χ4n) is 2.70. The van der Waals surface area contributed by atoms with Gasteiger partial charge >= 0.3 is 5.97 Å². The SMILES string of the molecule is COC(=O)CNC1=C(OC)C(=O)C[C@]2(COC(C)(C)O2)C1. The van der Waals surface area contributed by atoms with E-state index in [4.69, 9.17) is 14.2 Å². The normalized spacial score (nSPS) is 27.9. The zero-order chi connectivity index (χ0) is 15.7. The Kier molecular flexibility index (Phi) is 4.25. The summed E-state index contributed by atoms with van der Waals surface area (Å²) in [5.41, 5.74) is -0.165. The van der Waals surface area contributed by atoms with Crippen LogP contribution in [0.3, 0.4) is 0 Å². The summed E-state index contributed by atoms with van der Waals surface area (Å²) in [7, 11) is 2.74. The van der Waals surface area contributed by atoms with Gasteiger partial charge in [-0.1, -0.05) is 0 Å². The third kappa shape index (κ3) is 3.36. The molecule has 0 unspecified atom stereocenters. The maximum atomic E-state index is 12.2. The average molecular weight is 299 g/mol. The zero-order valence-corrected chi connectivity index (χ0v) is 12.8. The molecule has 21 heavy (non-hydrogen) atoms. The lowest BCUT2D eigenvalue weighted by molar-refractivity contribution is -0.166. The summed E-state index contributed by atoms with van der Waals surface area (Å²) in [6.07, 6.45) is 0.616. The molecule has 0 bridgehead atoms. The van der Waals surface area contributed by atoms with Crippen molar-refractivity contribution in [2.24, 2.45) is 0 Å². The summed E-state index contributed by atoms with van der Waals surface area (Å²) >= 11 is 0. The summed E-state index contributed by atoms with van der Waals surface area (Å²) in [6.45, 7) is 3.91. The number of Topliss-reactive ketones (excluding diaryl/α,β-unsaturated/α-hetero) is 1. The van der Waals surface area contributed by atoms with Gasteiger partial charge in [-0.3, -0.25) is 9.59 Å². The molecule has 0 radical (unpaired) electrons. The van der Waals surface area contributed by atoms with Crippen molar-refractivity contribution in [1.82, 2.24) is 5.32 Å². The van der Waals surface area contributed by atoms with Gasteiger partial charge in [-0.15, -0.1) is 0 Å². The molecule has 0 amide bonds. The third-order valence-corrected chi connectivity index (χ3v) is 3.53. The van der Waals surface area contributed by atoms with Gasteiger partial charge in [-0.05, 0) is 13.8 Å². The van der Waals surface area contributed by atoms with Crippen LogP contribution in [0, 0.1) is 0 Å². The lowest BCUT2D eigenvalue weighted by Gasteiger charge is -2.34. The Morgan fingerprint density at radius 2 is 2.05 bits per heavy atom. The number of ether oxygens (including phenoxy) is 4. The minimum absolute atomic E-state index is 0.0354. The van der Waals surface area contributed by atoms with Gasteiger partial charge in [0.2, 0.25) is 5.78 Å². The second-order valence-corrected chi connectivity index (χ2v) is 5.69. The molecule has 2 rings (SSSR count). The Balaban J connectivity index is 2.18. The van der Waals surface area contributed by atoms with Crippen molar-refractivity contribution in [3.8, 4) is 0 Å². The second-order valence-electron chi connectivity index (χ2n) is 5.69. The topological polar surface area (TPSA) is 83.1 Å². The van der Waals surface area contributed by atoms with Crippen LogP contribution in [-0.2, 0) is 28.5 Å². The van der Waals surface area contributed by atoms with Gasteiger partial charge in [-0.2, -0.15) is 0 Å². The van der Waals surface area contributed by atoms with Crippen molar-refractivity contribution in [2.75, 3.05) is 27.4 Å². The first-order valence-electron chi connectivity index (χ1n) is 6.76. The fraction of sp³-hybridized carbons (Fsp3) is 0.714. The van der Waals surface area contributed by atoms with E-state index in [0.717, 1.165) is 0 Å². The maximum Gasteiger partial charge on any atom is 0.325 e. The summed E-state index contributed by atoms with van der Waals surface area (Å²) in [5, 5.41) is 2.91. The van der Waals surface area contributed by atoms with Gasteiger partial charge in [0.15, 0.2) is 11.5 Å². The molecule has 1 saturated heterocycles. The molecule has 1 spiro atoms. The van der Waals surface area contributed by atoms with Gasteiger partial charge < -0.3 is 24.3 Å². The molecule has 0 aromatic rings. The minimum Gasteiger partial charge on any atom is -0.491 e. The monoisotopic (exact) mass is 299 g/mol. The number of hydrogen-bond donors (Lipinski definition) is 1. The van der Waals surface area contributed by atoms with Crippen LogP contribution >= 0.6 is 0 Å². The molecule has 1 N–H and O–H groups in total. The highest BCUT2D eigenvalue weighted by Crippen LogP contribution is 2.41. The lowest BCUT2D eigenvalue weighted by atomic mass is 9.86. The third-order valence-electron chi connectivity index (χ3n) is 3.53. The summed E-state index contributed by atoms with van der Waals surface area (Å²) in [5.74, 6) is -1.08. The van der Waals surface area contributed by atoms with Crippen molar-refractivity contribution < 1.29 is 28.5 Å². The van der Waals surface area contributed by atoms with Crippen molar-refractivity contribution >= 4 is 11.8 Å². The first-order chi connectivity index (χ1) is 9.81. The highest BCUT2D eigenvalue weighted by molar-refractivity contribution is 5.96. The quantitative estimate of drug-likeness (QED) is 0.756. The van der Waals surface area contributed by atoms with Crippen molar-refractivity contribution in [3.05, 3.63) is 11.5 Å². The highest BCUT2D eigenvalue weighted by atomic mass is 16.8. The molecule has 0 saturated carbocycles. The van der Waals surface area contributed by atoms with E-state index in [0.29, 0.717) is 18.7 Å². The Labute approximate surface area is 123 Å². The van der Waals surface area contributed by atoms with E-state index < -0.39 is 17.4 Å². The number of hydrogen-bond acceptors (Lipinski definition) is 7. The Hall–Kier alpha value is -1.60. The van der Waals surface area contributed by atoms with Gasteiger partial charge in [0.05, 0.1) is 26.5 Å². The number of carbonyl (C=O) groups is 2. The lowest BCUT2D eigenvalue weighted by Crippen LogP contribution is -2.44. The summed E-state index contributed by atoms with van der Waals surface area (Å²) in [4.78, 5) is 23.5. The van der Waals surface area contributed by atoms with E-state index in [1.807, 2.05) is 13.8 Å². The van der Waals surface area contributed by atoms with Crippen LogP contribution in [0.1, 0.15) is 26.7 Å². The van der Waals surface area contributed by atoms with Crippen LogP contribution in [0.25, 0.3) is 0 Å². The average Bonchev–Trinajstić information content (AvgIpc) is 2.70. The smallest absolute Gasteiger partial charge is 0.325 e. The second kappa shape index (κ2) is 5.65. The first-order valence-corrected chi connectivity index (χ1v) is 6.76. The van der Waals surface area contributed by atoms with E-state index in [-0.39, 0.29) is 24.5 Å². The van der Waals surface area contributed by atoms with Crippen LogP contribution < -0.4 is 5.32 Å². The molecule has 1 atom stereocenters. The van der Waals surface area contributed by atoms with Crippen LogP contribution in [0.4, 0.5) is 0 Å². The van der Waals surface area contributed by atoms with Crippen LogP contribution in [0.15, 0.2) is 11.5 Å². The number of methoxy groups -OCH3 is 2. The predicted molar refractivity (Wildman–Crippen MR) is 72.1 cm³/mol. The molecular formula is C14H21NO6. The standard InChI is InChI=1S/C14H21NO6/c1-13(2)20-8-14(21-13)5-9(15-7-11(17)18-3)12(19-4)10(16)6-14/h15H,5-8H2,1-4H3/t14-/m0/s1. The number of esters is 1. The molecule has 1 fully saturated rings. The summed E-state index contributed by atoms with van der Waals surface area (Å²) < 4.78 is 21.2. The van der Waals surface area contributed by atoms with Crippen LogP contribution in [-0.4, -0.2) is 50.5 Å². The number of carbonyl (C=O) groups excluding carboxylic acids is 2. The molecule has 118 valence electrons. The first kappa shape index (κ1) is 15.8. The number of ketones is 1. The number of nitrogens with one attached hydrogen (secondary N) is 1. The van der Waals surface area contributed by atoms with Gasteiger partial charge in [0.25, 0.3) is 0 Å². The van der Waals surface area contributed by atoms with E-state index >= 15 is 0 Å². The fourth-order valence-corrected chi connectivity index (χ4v) is 2.70. The zero-order valence-electron chi connectivity index (χ0n) is 12.8. The Morgan fingerprint density at radius 3 is 2.57 bits per heavy atom. The molecule has 1 aliphatic heterocycles. The van der Waals surface area contributed by atoms with Gasteiger partial charge in [0.1, 0.15) is 12.1 Å². The molecule has 0 aromatic heterocycles. The minimum atomic E-state index is -0.724.